The molecule has 1 heterocycles. The largest absolute Gasteiger partial charge is 0.481 e. The van der Waals surface area contributed by atoms with E-state index in [4.69, 9.17) is 5.11 Å². The van der Waals surface area contributed by atoms with Gasteiger partial charge in [0, 0.05) is 6.08 Å². The van der Waals surface area contributed by atoms with Crippen LogP contribution >= 0.6 is 15.9 Å². The highest BCUT2D eigenvalue weighted by molar-refractivity contribution is 9.12. The van der Waals surface area contributed by atoms with E-state index in [1.54, 1.807) is 24.3 Å². The Morgan fingerprint density at radius 1 is 1.22 bits per heavy atom. The Morgan fingerprint density at radius 2 is 1.83 bits per heavy atom. The summed E-state index contributed by atoms with van der Waals surface area (Å²) in [6.07, 6.45) is 1.11. The minimum Gasteiger partial charge on any atom is -0.481 e. The molecule has 6 heteroatoms. The fourth-order valence-corrected chi connectivity index (χ4v) is 2.00. The van der Waals surface area contributed by atoms with Crippen molar-refractivity contribution in [3.05, 3.63) is 40.4 Å². The molecule has 0 spiro atoms. The Kier molecular flexibility index (Phi) is 3.29. The average Bonchev–Trinajstić information content (AvgIpc) is 2.54. The van der Waals surface area contributed by atoms with Gasteiger partial charge in [0.25, 0.3) is 11.8 Å². The summed E-state index contributed by atoms with van der Waals surface area (Å²) in [5, 5.41) is 8.63. The molecular formula is C12H8BrNO4. The van der Waals surface area contributed by atoms with Crippen LogP contribution in [-0.2, 0) is 20.8 Å². The summed E-state index contributed by atoms with van der Waals surface area (Å²) >= 11 is 3.00. The van der Waals surface area contributed by atoms with Gasteiger partial charge < -0.3 is 5.11 Å². The normalized spacial score (nSPS) is 14.9. The molecule has 1 aliphatic rings. The molecule has 0 saturated carbocycles. The van der Waals surface area contributed by atoms with E-state index >= 15 is 0 Å². The number of imide groups is 1. The number of carbonyl (C=O) groups is 3. The minimum absolute atomic E-state index is 0.0931. The van der Waals surface area contributed by atoms with Gasteiger partial charge in [-0.2, -0.15) is 0 Å². The van der Waals surface area contributed by atoms with Crippen molar-refractivity contribution < 1.29 is 19.5 Å². The molecule has 1 aliphatic heterocycles. The molecular weight excluding hydrogens is 302 g/mol. The van der Waals surface area contributed by atoms with E-state index in [-0.39, 0.29) is 10.9 Å². The van der Waals surface area contributed by atoms with Crippen molar-refractivity contribution in [3.63, 3.8) is 0 Å². The van der Waals surface area contributed by atoms with Crippen molar-refractivity contribution in [1.82, 2.24) is 0 Å². The molecule has 0 fully saturated rings. The number of carbonyl (C=O) groups excluding carboxylic acids is 2. The Morgan fingerprint density at radius 3 is 2.28 bits per heavy atom. The standard InChI is InChI=1S/C12H8BrNO4/c13-9-6-10(15)14(12(9)18)8-3-1-7(2-4-8)5-11(16)17/h1-4,6H,5H2,(H,16,17). The van der Waals surface area contributed by atoms with Gasteiger partial charge in [-0.25, -0.2) is 4.90 Å². The lowest BCUT2D eigenvalue weighted by molar-refractivity contribution is -0.136. The first-order chi connectivity index (χ1) is 8.49. The molecule has 0 radical (unpaired) electrons. The van der Waals surface area contributed by atoms with Crippen LogP contribution in [-0.4, -0.2) is 22.9 Å². The fourth-order valence-electron chi connectivity index (χ4n) is 1.62. The summed E-state index contributed by atoms with van der Waals surface area (Å²) < 4.78 is 0.210. The molecule has 0 saturated heterocycles. The molecule has 0 aliphatic carbocycles. The molecule has 2 amide bonds. The van der Waals surface area contributed by atoms with Gasteiger partial charge in [-0.05, 0) is 33.6 Å². The summed E-state index contributed by atoms with van der Waals surface area (Å²) in [6, 6.07) is 6.26. The molecule has 0 bridgehead atoms. The fraction of sp³-hybridized carbons (Fsp3) is 0.0833. The third-order valence-corrected chi connectivity index (χ3v) is 3.00. The third-order valence-electron chi connectivity index (χ3n) is 2.43. The zero-order chi connectivity index (χ0) is 13.3. The van der Waals surface area contributed by atoms with Gasteiger partial charge in [-0.1, -0.05) is 12.1 Å². The molecule has 1 aromatic carbocycles. The zero-order valence-corrected chi connectivity index (χ0v) is 10.7. The first-order valence-corrected chi connectivity index (χ1v) is 5.84. The maximum absolute atomic E-state index is 11.7. The summed E-state index contributed by atoms with van der Waals surface area (Å²) in [6.45, 7) is 0. The molecule has 0 unspecified atom stereocenters. The summed E-state index contributed by atoms with van der Waals surface area (Å²) in [7, 11) is 0. The van der Waals surface area contributed by atoms with Crippen molar-refractivity contribution >= 4 is 39.4 Å². The van der Waals surface area contributed by atoms with Crippen LogP contribution in [0.4, 0.5) is 5.69 Å². The van der Waals surface area contributed by atoms with E-state index in [1.165, 1.54) is 6.08 Å². The number of hydrogen-bond donors (Lipinski definition) is 1. The second-order valence-electron chi connectivity index (χ2n) is 3.71. The van der Waals surface area contributed by atoms with Crippen LogP contribution in [0.25, 0.3) is 0 Å². The summed E-state index contributed by atoms with van der Waals surface area (Å²) in [4.78, 5) is 34.8. The second-order valence-corrected chi connectivity index (χ2v) is 4.56. The predicted octanol–water partition coefficient (Wildman–Crippen LogP) is 1.47. The first-order valence-electron chi connectivity index (χ1n) is 5.05. The van der Waals surface area contributed by atoms with E-state index in [1.807, 2.05) is 0 Å². The van der Waals surface area contributed by atoms with Gasteiger partial charge >= 0.3 is 5.97 Å². The van der Waals surface area contributed by atoms with Gasteiger partial charge in [-0.15, -0.1) is 0 Å². The van der Waals surface area contributed by atoms with Crippen LogP contribution in [0.3, 0.4) is 0 Å². The molecule has 1 aromatic rings. The highest BCUT2D eigenvalue weighted by Crippen LogP contribution is 2.25. The molecule has 0 aromatic heterocycles. The maximum atomic E-state index is 11.7. The number of aliphatic carboxylic acids is 1. The van der Waals surface area contributed by atoms with Crippen LogP contribution in [0.15, 0.2) is 34.8 Å². The Labute approximate surface area is 111 Å². The number of hydrogen-bond acceptors (Lipinski definition) is 3. The van der Waals surface area contributed by atoms with Gasteiger partial charge in [0.05, 0.1) is 16.6 Å². The van der Waals surface area contributed by atoms with Crippen LogP contribution in [0.2, 0.25) is 0 Å². The third kappa shape index (κ3) is 2.33. The minimum atomic E-state index is -0.930. The molecule has 0 atom stereocenters. The van der Waals surface area contributed by atoms with Gasteiger partial charge in [-0.3, -0.25) is 14.4 Å². The Bertz CT molecular complexity index is 562. The molecule has 18 heavy (non-hydrogen) atoms. The summed E-state index contributed by atoms with van der Waals surface area (Å²) in [5.41, 5.74) is 1.03. The SMILES string of the molecule is O=C(O)Cc1ccc(N2C(=O)C=C(Br)C2=O)cc1. The van der Waals surface area contributed by atoms with E-state index < -0.39 is 17.8 Å². The number of carboxylic acid groups (broad SMARTS) is 1. The van der Waals surface area contributed by atoms with Crippen molar-refractivity contribution in [2.24, 2.45) is 0 Å². The van der Waals surface area contributed by atoms with Crippen molar-refractivity contribution in [3.8, 4) is 0 Å². The van der Waals surface area contributed by atoms with Crippen LogP contribution < -0.4 is 4.90 Å². The van der Waals surface area contributed by atoms with Gasteiger partial charge in [0.2, 0.25) is 0 Å². The monoisotopic (exact) mass is 309 g/mol. The number of halogens is 1. The van der Waals surface area contributed by atoms with E-state index in [9.17, 15) is 14.4 Å². The maximum Gasteiger partial charge on any atom is 0.307 e. The first kappa shape index (κ1) is 12.5. The molecule has 2 rings (SSSR count). The molecule has 1 N–H and O–H groups in total. The topological polar surface area (TPSA) is 74.7 Å². The van der Waals surface area contributed by atoms with Crippen molar-refractivity contribution in [2.45, 2.75) is 6.42 Å². The predicted molar refractivity (Wildman–Crippen MR) is 67.3 cm³/mol. The second kappa shape index (κ2) is 4.73. The van der Waals surface area contributed by atoms with E-state index in [2.05, 4.69) is 15.9 Å². The Balaban J connectivity index is 2.23. The van der Waals surface area contributed by atoms with Gasteiger partial charge in [0.15, 0.2) is 0 Å². The number of benzene rings is 1. The molecule has 5 nitrogen and oxygen atoms in total. The average molecular weight is 310 g/mol. The van der Waals surface area contributed by atoms with Gasteiger partial charge in [0.1, 0.15) is 0 Å². The number of nitrogens with zero attached hydrogens (tertiary/aromatic N) is 1. The quantitative estimate of drug-likeness (QED) is 0.858. The van der Waals surface area contributed by atoms with E-state index in [0.717, 1.165) is 4.90 Å². The highest BCUT2D eigenvalue weighted by Gasteiger charge is 2.30. The van der Waals surface area contributed by atoms with Crippen LogP contribution in [0.1, 0.15) is 5.56 Å². The van der Waals surface area contributed by atoms with Crippen LogP contribution in [0, 0.1) is 0 Å². The molecule has 92 valence electrons. The number of carboxylic acids is 1. The lowest BCUT2D eigenvalue weighted by Gasteiger charge is -2.14. The van der Waals surface area contributed by atoms with Crippen molar-refractivity contribution in [2.75, 3.05) is 4.90 Å². The zero-order valence-electron chi connectivity index (χ0n) is 9.09. The Hall–Kier alpha value is -1.95. The highest BCUT2D eigenvalue weighted by atomic mass is 79.9. The number of rotatable bonds is 3. The lowest BCUT2D eigenvalue weighted by Crippen LogP contribution is -2.30. The summed E-state index contributed by atoms with van der Waals surface area (Å²) in [5.74, 6) is -1.77. The van der Waals surface area contributed by atoms with Crippen LogP contribution in [0.5, 0.6) is 0 Å². The van der Waals surface area contributed by atoms with E-state index in [0.29, 0.717) is 11.3 Å². The lowest BCUT2D eigenvalue weighted by atomic mass is 10.1. The number of amides is 2. The smallest absolute Gasteiger partial charge is 0.307 e. The number of anilines is 1. The van der Waals surface area contributed by atoms with Crippen molar-refractivity contribution in [1.29, 1.82) is 0 Å².